The predicted molar refractivity (Wildman–Crippen MR) is 123 cm³/mol. The van der Waals surface area contributed by atoms with Crippen LogP contribution in [0.25, 0.3) is 0 Å². The third-order valence-corrected chi connectivity index (χ3v) is 5.89. The van der Waals surface area contributed by atoms with E-state index in [1.165, 1.54) is 12.1 Å². The van der Waals surface area contributed by atoms with Crippen LogP contribution in [0.5, 0.6) is 5.75 Å². The van der Waals surface area contributed by atoms with Crippen molar-refractivity contribution in [3.63, 3.8) is 0 Å². The summed E-state index contributed by atoms with van der Waals surface area (Å²) in [6.45, 7) is 5.17. The maximum atomic E-state index is 12.9. The first-order valence-electron chi connectivity index (χ1n) is 8.85. The summed E-state index contributed by atoms with van der Waals surface area (Å²) in [6, 6.07) is 12.6. The van der Waals surface area contributed by atoms with Gasteiger partial charge in [0.05, 0.1) is 12.8 Å². The molecule has 0 atom stereocenters. The Labute approximate surface area is 188 Å². The second-order valence-electron chi connectivity index (χ2n) is 6.30. The summed E-state index contributed by atoms with van der Waals surface area (Å²) in [4.78, 5) is 5.99. The number of piperazine rings is 1. The molecule has 2 aromatic carbocycles. The Morgan fingerprint density at radius 3 is 2.36 bits per heavy atom. The van der Waals surface area contributed by atoms with Crippen molar-refractivity contribution in [3.05, 3.63) is 53.3 Å². The molecule has 3 nitrogen and oxygen atoms in total. The first-order chi connectivity index (χ1) is 12.7. The van der Waals surface area contributed by atoms with Gasteiger partial charge in [0.2, 0.25) is 0 Å². The van der Waals surface area contributed by atoms with Crippen LogP contribution in [-0.2, 0) is 0 Å². The molecule has 0 N–H and O–H groups in total. The normalized spacial score (nSPS) is 14.2. The van der Waals surface area contributed by atoms with Gasteiger partial charge in [-0.15, -0.1) is 36.6 Å². The number of anilines is 1. The SMILES string of the molecule is COc1cc(Cl)ccc1N1CCN(CCCSc2ccc(F)cc2)CC1.Cl.Cl. The fraction of sp³-hybridized carbons (Fsp3) is 0.400. The quantitative estimate of drug-likeness (QED) is 0.387. The van der Waals surface area contributed by atoms with E-state index in [0.29, 0.717) is 5.02 Å². The summed E-state index contributed by atoms with van der Waals surface area (Å²) in [6.07, 6.45) is 1.13. The van der Waals surface area contributed by atoms with Gasteiger partial charge in [0.15, 0.2) is 0 Å². The van der Waals surface area contributed by atoms with Gasteiger partial charge >= 0.3 is 0 Å². The van der Waals surface area contributed by atoms with E-state index in [9.17, 15) is 4.39 Å². The van der Waals surface area contributed by atoms with Crippen molar-refractivity contribution < 1.29 is 9.13 Å². The molecule has 1 heterocycles. The third-order valence-electron chi connectivity index (χ3n) is 4.56. The third kappa shape index (κ3) is 7.20. The van der Waals surface area contributed by atoms with Crippen LogP contribution in [0.2, 0.25) is 5.02 Å². The lowest BCUT2D eigenvalue weighted by atomic mass is 10.2. The van der Waals surface area contributed by atoms with E-state index in [4.69, 9.17) is 16.3 Å². The molecule has 1 fully saturated rings. The van der Waals surface area contributed by atoms with E-state index in [1.54, 1.807) is 18.9 Å². The van der Waals surface area contributed by atoms with Gasteiger partial charge in [0, 0.05) is 42.2 Å². The Kier molecular flexibility index (Phi) is 11.4. The summed E-state index contributed by atoms with van der Waals surface area (Å²) in [5, 5.41) is 0.697. The van der Waals surface area contributed by atoms with Crippen molar-refractivity contribution >= 4 is 53.9 Å². The van der Waals surface area contributed by atoms with Crippen LogP contribution < -0.4 is 9.64 Å². The number of rotatable bonds is 7. The maximum absolute atomic E-state index is 12.9. The van der Waals surface area contributed by atoms with Gasteiger partial charge < -0.3 is 9.64 Å². The number of nitrogens with zero attached hydrogens (tertiary/aromatic N) is 2. The topological polar surface area (TPSA) is 15.7 Å². The van der Waals surface area contributed by atoms with Gasteiger partial charge in [-0.2, -0.15) is 0 Å². The number of benzene rings is 2. The molecule has 0 spiro atoms. The van der Waals surface area contributed by atoms with E-state index in [1.807, 2.05) is 30.3 Å². The number of thioether (sulfide) groups is 1. The molecule has 1 aliphatic rings. The Balaban J connectivity index is 0.00000196. The number of hydrogen-bond acceptors (Lipinski definition) is 4. The molecule has 2 aromatic rings. The van der Waals surface area contributed by atoms with Crippen LogP contribution in [-0.4, -0.2) is 50.5 Å². The molecular weight excluding hydrogens is 442 g/mol. The lowest BCUT2D eigenvalue weighted by Crippen LogP contribution is -2.46. The lowest BCUT2D eigenvalue weighted by Gasteiger charge is -2.36. The second-order valence-corrected chi connectivity index (χ2v) is 7.91. The van der Waals surface area contributed by atoms with Crippen molar-refractivity contribution in [2.24, 2.45) is 0 Å². The van der Waals surface area contributed by atoms with Crippen molar-refractivity contribution in [2.75, 3.05) is 50.5 Å². The molecule has 0 radical (unpaired) electrons. The summed E-state index contributed by atoms with van der Waals surface area (Å²) in [5.74, 6) is 1.71. The highest BCUT2D eigenvalue weighted by Gasteiger charge is 2.19. The largest absolute Gasteiger partial charge is 0.495 e. The van der Waals surface area contributed by atoms with Gasteiger partial charge in [-0.05, 0) is 55.1 Å². The summed E-state index contributed by atoms with van der Waals surface area (Å²) < 4.78 is 18.4. The van der Waals surface area contributed by atoms with Crippen LogP contribution in [0.4, 0.5) is 10.1 Å². The fourth-order valence-corrected chi connectivity index (χ4v) is 4.13. The van der Waals surface area contributed by atoms with Crippen molar-refractivity contribution in [2.45, 2.75) is 11.3 Å². The molecule has 0 bridgehead atoms. The van der Waals surface area contributed by atoms with Crippen LogP contribution in [0.15, 0.2) is 47.4 Å². The number of methoxy groups -OCH3 is 1. The molecule has 156 valence electrons. The average molecular weight is 468 g/mol. The fourth-order valence-electron chi connectivity index (χ4n) is 3.13. The standard InChI is InChI=1S/C20H24ClFN2OS.2ClH/c1-25-20-15-16(21)3-8-19(20)24-12-10-23(11-13-24)9-2-14-26-18-6-4-17(22)5-7-18;;/h3-8,15H,2,9-14H2,1H3;2*1H. The van der Waals surface area contributed by atoms with Gasteiger partial charge in [-0.1, -0.05) is 11.6 Å². The van der Waals surface area contributed by atoms with Gasteiger partial charge in [-0.3, -0.25) is 4.90 Å². The van der Waals surface area contributed by atoms with Crippen LogP contribution >= 0.6 is 48.2 Å². The van der Waals surface area contributed by atoms with Crippen LogP contribution in [0.3, 0.4) is 0 Å². The zero-order valence-electron chi connectivity index (χ0n) is 15.8. The van der Waals surface area contributed by atoms with E-state index in [2.05, 4.69) is 9.80 Å². The highest BCUT2D eigenvalue weighted by molar-refractivity contribution is 7.99. The maximum Gasteiger partial charge on any atom is 0.143 e. The minimum Gasteiger partial charge on any atom is -0.495 e. The molecule has 28 heavy (non-hydrogen) atoms. The minimum atomic E-state index is -0.176. The summed E-state index contributed by atoms with van der Waals surface area (Å²) in [5.41, 5.74) is 1.11. The van der Waals surface area contributed by atoms with Crippen LogP contribution in [0.1, 0.15) is 6.42 Å². The molecule has 0 aromatic heterocycles. The Bertz CT molecular complexity index is 713. The molecule has 3 rings (SSSR count). The van der Waals surface area contributed by atoms with Crippen LogP contribution in [0, 0.1) is 5.82 Å². The zero-order chi connectivity index (χ0) is 18.4. The van der Waals surface area contributed by atoms with Gasteiger partial charge in [0.1, 0.15) is 11.6 Å². The number of hydrogen-bond donors (Lipinski definition) is 0. The zero-order valence-corrected chi connectivity index (χ0v) is 19.0. The van der Waals surface area contributed by atoms with Gasteiger partial charge in [0.25, 0.3) is 0 Å². The molecule has 0 amide bonds. The Morgan fingerprint density at radius 1 is 1.04 bits per heavy atom. The first kappa shape index (κ1) is 25.2. The molecule has 1 saturated heterocycles. The lowest BCUT2D eigenvalue weighted by molar-refractivity contribution is 0.258. The molecule has 0 unspecified atom stereocenters. The predicted octanol–water partition coefficient (Wildman–Crippen LogP) is 5.64. The summed E-state index contributed by atoms with van der Waals surface area (Å²) in [7, 11) is 1.68. The van der Waals surface area contributed by atoms with E-state index in [-0.39, 0.29) is 30.6 Å². The Hall–Kier alpha value is -0.850. The van der Waals surface area contributed by atoms with Crippen molar-refractivity contribution in [1.82, 2.24) is 4.90 Å². The van der Waals surface area contributed by atoms with Crippen molar-refractivity contribution in [1.29, 1.82) is 0 Å². The molecule has 8 heteroatoms. The highest BCUT2D eigenvalue weighted by atomic mass is 35.5. The number of ether oxygens (including phenoxy) is 1. The van der Waals surface area contributed by atoms with Crippen molar-refractivity contribution in [3.8, 4) is 5.75 Å². The molecular formula is C20H26Cl3FN2OS. The minimum absolute atomic E-state index is 0. The average Bonchev–Trinajstić information content (AvgIpc) is 2.67. The van der Waals surface area contributed by atoms with E-state index < -0.39 is 0 Å². The van der Waals surface area contributed by atoms with E-state index in [0.717, 1.165) is 61.2 Å². The monoisotopic (exact) mass is 466 g/mol. The Morgan fingerprint density at radius 2 is 1.71 bits per heavy atom. The van der Waals surface area contributed by atoms with E-state index >= 15 is 0 Å². The highest BCUT2D eigenvalue weighted by Crippen LogP contribution is 2.31. The molecule has 1 aliphatic heterocycles. The first-order valence-corrected chi connectivity index (χ1v) is 10.2. The second kappa shape index (κ2) is 12.7. The summed E-state index contributed by atoms with van der Waals surface area (Å²) >= 11 is 7.84. The smallest absolute Gasteiger partial charge is 0.143 e. The molecule has 0 aliphatic carbocycles. The molecule has 0 saturated carbocycles. The number of halogens is 4. The van der Waals surface area contributed by atoms with Gasteiger partial charge in [-0.25, -0.2) is 4.39 Å².